The molecule has 0 saturated carbocycles. The zero-order chi connectivity index (χ0) is 37.5. The van der Waals surface area contributed by atoms with Crippen LogP contribution in [0, 0.1) is 0 Å². The summed E-state index contributed by atoms with van der Waals surface area (Å²) in [6.45, 7) is 0. The molecular weight excluding hydrogens is 691 g/mol. The molecule has 2 heteroatoms. The zero-order valence-electron chi connectivity index (χ0n) is 31.1. The van der Waals surface area contributed by atoms with Crippen molar-refractivity contribution in [1.82, 2.24) is 0 Å². The van der Waals surface area contributed by atoms with Crippen molar-refractivity contribution in [1.29, 1.82) is 0 Å². The van der Waals surface area contributed by atoms with E-state index in [0.29, 0.717) is 0 Å². The van der Waals surface area contributed by atoms with Gasteiger partial charge in [0.25, 0.3) is 0 Å². The maximum Gasteiger partial charge on any atom is 0.137 e. The number of anilines is 3. The molecule has 0 fully saturated rings. The van der Waals surface area contributed by atoms with E-state index in [-0.39, 0.29) is 0 Å². The average molecular weight is 726 g/mol. The Kier molecular flexibility index (Phi) is 6.88. The van der Waals surface area contributed by atoms with E-state index in [1.54, 1.807) is 0 Å². The van der Waals surface area contributed by atoms with Crippen LogP contribution in [0.5, 0.6) is 0 Å². The third-order valence-electron chi connectivity index (χ3n) is 12.3. The molecule has 2 nitrogen and oxygen atoms in total. The highest BCUT2D eigenvalue weighted by Crippen LogP contribution is 2.66. The summed E-state index contributed by atoms with van der Waals surface area (Å²) < 4.78 is 6.96. The second kappa shape index (κ2) is 12.3. The number of hydrogen-bond donors (Lipinski definition) is 0. The van der Waals surface area contributed by atoms with Crippen molar-refractivity contribution in [3.8, 4) is 44.5 Å². The first-order chi connectivity index (χ1) is 28.3. The van der Waals surface area contributed by atoms with Crippen LogP contribution in [0.2, 0.25) is 0 Å². The van der Waals surface area contributed by atoms with Crippen LogP contribution < -0.4 is 4.90 Å². The highest BCUT2D eigenvalue weighted by atomic mass is 16.3. The Morgan fingerprint density at radius 2 is 0.860 bits per heavy atom. The van der Waals surface area contributed by atoms with Crippen LogP contribution >= 0.6 is 0 Å². The van der Waals surface area contributed by atoms with Crippen molar-refractivity contribution in [2.24, 2.45) is 0 Å². The number of nitrogens with zero attached hydrogens (tertiary/aromatic N) is 1. The van der Waals surface area contributed by atoms with Gasteiger partial charge in [-0.05, 0) is 104 Å². The van der Waals surface area contributed by atoms with Gasteiger partial charge in [0, 0.05) is 22.3 Å². The topological polar surface area (TPSA) is 16.4 Å². The normalized spacial score (nSPS) is 13.1. The van der Waals surface area contributed by atoms with Gasteiger partial charge in [0.15, 0.2) is 0 Å². The third kappa shape index (κ3) is 4.53. The number of rotatable bonds is 5. The number of furan rings is 1. The fourth-order valence-electron chi connectivity index (χ4n) is 9.92. The Morgan fingerprint density at radius 3 is 1.54 bits per heavy atom. The molecule has 2 aliphatic carbocycles. The summed E-state index contributed by atoms with van der Waals surface area (Å²) in [6.07, 6.45) is 0. The molecule has 1 heterocycles. The van der Waals surface area contributed by atoms with Gasteiger partial charge in [0.05, 0.1) is 16.5 Å². The fourth-order valence-corrected chi connectivity index (χ4v) is 9.92. The van der Waals surface area contributed by atoms with E-state index in [1.807, 2.05) is 0 Å². The zero-order valence-corrected chi connectivity index (χ0v) is 31.1. The predicted octanol–water partition coefficient (Wildman–Crippen LogP) is 14.7. The largest absolute Gasteiger partial charge is 0.456 e. The first-order valence-electron chi connectivity index (χ1n) is 19.7. The molecule has 0 amide bonds. The van der Waals surface area contributed by atoms with Crippen LogP contribution in [0.4, 0.5) is 17.1 Å². The monoisotopic (exact) mass is 725 g/mol. The molecule has 0 bridgehead atoms. The first-order valence-corrected chi connectivity index (χ1v) is 19.7. The Bertz CT molecular complexity index is 3120. The van der Waals surface area contributed by atoms with E-state index >= 15 is 0 Å². The van der Waals surface area contributed by atoms with Crippen LogP contribution in [0.1, 0.15) is 22.3 Å². The molecule has 12 rings (SSSR count). The van der Waals surface area contributed by atoms with Gasteiger partial charge in [-0.2, -0.15) is 0 Å². The Balaban J connectivity index is 1.26. The van der Waals surface area contributed by atoms with Gasteiger partial charge in [0.2, 0.25) is 0 Å². The van der Waals surface area contributed by atoms with Crippen molar-refractivity contribution >= 4 is 39.0 Å². The summed E-state index contributed by atoms with van der Waals surface area (Å²) >= 11 is 0. The van der Waals surface area contributed by atoms with Gasteiger partial charge in [-0.1, -0.05) is 170 Å². The lowest BCUT2D eigenvalue weighted by Crippen LogP contribution is -2.26. The molecule has 1 aromatic heterocycles. The Morgan fingerprint density at radius 1 is 0.351 bits per heavy atom. The lowest BCUT2D eigenvalue weighted by Gasteiger charge is -2.32. The minimum atomic E-state index is -0.561. The molecule has 0 radical (unpaired) electrons. The van der Waals surface area contributed by atoms with Crippen LogP contribution in [0.15, 0.2) is 217 Å². The molecule has 0 aliphatic heterocycles. The van der Waals surface area contributed by atoms with Crippen LogP contribution in [-0.4, -0.2) is 0 Å². The minimum absolute atomic E-state index is 0.561. The summed E-state index contributed by atoms with van der Waals surface area (Å²) in [4.78, 5) is 2.47. The number of fused-ring (bicyclic) bond motifs is 13. The van der Waals surface area contributed by atoms with Crippen LogP contribution in [-0.2, 0) is 5.41 Å². The predicted molar refractivity (Wildman–Crippen MR) is 236 cm³/mol. The molecule has 0 atom stereocenters. The lowest BCUT2D eigenvalue weighted by atomic mass is 9.70. The molecule has 0 saturated heterocycles. The molecule has 266 valence electrons. The van der Waals surface area contributed by atoms with Crippen molar-refractivity contribution in [2.45, 2.75) is 5.41 Å². The van der Waals surface area contributed by atoms with Crippen molar-refractivity contribution in [2.75, 3.05) is 4.90 Å². The van der Waals surface area contributed by atoms with Gasteiger partial charge >= 0.3 is 0 Å². The van der Waals surface area contributed by atoms with Gasteiger partial charge in [-0.15, -0.1) is 0 Å². The maximum atomic E-state index is 6.96. The summed E-state index contributed by atoms with van der Waals surface area (Å²) in [6, 6.07) is 77.4. The second-order valence-electron chi connectivity index (χ2n) is 15.2. The highest BCUT2D eigenvalue weighted by molar-refractivity contribution is 6.19. The van der Waals surface area contributed by atoms with E-state index in [4.69, 9.17) is 4.42 Å². The maximum absolute atomic E-state index is 6.96. The van der Waals surface area contributed by atoms with Gasteiger partial charge in [0.1, 0.15) is 11.2 Å². The van der Waals surface area contributed by atoms with E-state index in [1.165, 1.54) is 66.8 Å². The van der Waals surface area contributed by atoms with Gasteiger partial charge in [-0.3, -0.25) is 0 Å². The summed E-state index contributed by atoms with van der Waals surface area (Å²) in [5, 5.41) is 2.20. The molecule has 0 N–H and O–H groups in total. The lowest BCUT2D eigenvalue weighted by molar-refractivity contribution is 0.666. The average Bonchev–Trinajstić information content (AvgIpc) is 3.91. The summed E-state index contributed by atoms with van der Waals surface area (Å²) in [5.74, 6) is 0. The van der Waals surface area contributed by atoms with E-state index in [2.05, 4.69) is 217 Å². The minimum Gasteiger partial charge on any atom is -0.456 e. The number of para-hydroxylation sites is 2. The van der Waals surface area contributed by atoms with E-state index < -0.39 is 5.41 Å². The Labute approximate surface area is 331 Å². The summed E-state index contributed by atoms with van der Waals surface area (Å²) in [5.41, 5.74) is 19.4. The molecule has 57 heavy (non-hydrogen) atoms. The van der Waals surface area contributed by atoms with Crippen molar-refractivity contribution in [3.05, 3.63) is 235 Å². The van der Waals surface area contributed by atoms with Crippen molar-refractivity contribution < 1.29 is 4.42 Å². The number of benzene rings is 9. The smallest absolute Gasteiger partial charge is 0.137 e. The van der Waals surface area contributed by atoms with E-state index in [0.717, 1.165) is 39.0 Å². The highest BCUT2D eigenvalue weighted by Gasteiger charge is 2.53. The quantitative estimate of drug-likeness (QED) is 0.176. The Hall–Kier alpha value is -7.42. The van der Waals surface area contributed by atoms with Gasteiger partial charge < -0.3 is 9.32 Å². The SMILES string of the molecule is c1ccc(-c2ccc(N(c3ccccc3)c3c4c(cc5oc6ccccc6c35)C3(c5ccccc5-c5ccccc53)c3ccc(-c5ccccc5)cc3-4)cc2)cc1. The van der Waals surface area contributed by atoms with Crippen LogP contribution in [0.25, 0.3) is 66.4 Å². The van der Waals surface area contributed by atoms with E-state index in [9.17, 15) is 0 Å². The number of hydrogen-bond acceptors (Lipinski definition) is 2. The molecular formula is C55H35NO. The van der Waals surface area contributed by atoms with Gasteiger partial charge in [-0.25, -0.2) is 0 Å². The molecule has 1 spiro atoms. The third-order valence-corrected chi connectivity index (χ3v) is 12.3. The summed E-state index contributed by atoms with van der Waals surface area (Å²) in [7, 11) is 0. The fraction of sp³-hybridized carbons (Fsp3) is 0.0182. The van der Waals surface area contributed by atoms with Crippen molar-refractivity contribution in [3.63, 3.8) is 0 Å². The van der Waals surface area contributed by atoms with Crippen LogP contribution in [0.3, 0.4) is 0 Å². The standard InChI is InChI=1S/C55H35NO/c1-4-16-36(17-5-1)38-28-31-41(32-29-38)56(40-20-8-3-9-21-40)54-52-45-34-39(37-18-6-2-7-19-37)30-33-48(45)55(46-25-13-10-22-42(46)43-23-11-14-26-47(43)55)49(52)35-51-53(54)44-24-12-15-27-50(44)57-51/h1-35H. The second-order valence-corrected chi connectivity index (χ2v) is 15.2. The molecule has 9 aromatic carbocycles. The molecule has 10 aromatic rings. The first kappa shape index (κ1) is 31.9. The molecule has 0 unspecified atom stereocenters. The molecule has 2 aliphatic rings.